The van der Waals surface area contributed by atoms with Gasteiger partial charge in [-0.05, 0) is 53.3 Å². The molecule has 2 nitrogen and oxygen atoms in total. The smallest absolute Gasteiger partial charge is 0.251 e. The molecule has 0 saturated heterocycles. The Hall–Kier alpha value is -0.840. The Morgan fingerprint density at radius 1 is 1.29 bits per heavy atom. The van der Waals surface area contributed by atoms with Crippen LogP contribution in [0.4, 0.5) is 0 Å². The van der Waals surface area contributed by atoms with Crippen LogP contribution in [0.1, 0.15) is 5.56 Å². The van der Waals surface area contributed by atoms with Crippen molar-refractivity contribution in [2.45, 2.75) is 6.92 Å². The molecule has 14 heavy (non-hydrogen) atoms. The van der Waals surface area contributed by atoms with Gasteiger partial charge in [-0.15, -0.1) is 0 Å². The fraction of sp³-hybridized carbons (Fsp3) is 0.182. The number of nitrogens with zero attached hydrogens (tertiary/aromatic N) is 1. The number of rotatable bonds is 0. The van der Waals surface area contributed by atoms with E-state index in [1.807, 2.05) is 19.1 Å². The fourth-order valence-electron chi connectivity index (χ4n) is 1.60. The van der Waals surface area contributed by atoms with Crippen LogP contribution >= 0.6 is 22.6 Å². The van der Waals surface area contributed by atoms with Crippen molar-refractivity contribution >= 4 is 33.5 Å². The molecule has 72 valence electrons. The SMILES string of the molecule is Cc1cc(=O)n(C)c2ccc(I)cc12. The molecule has 0 radical (unpaired) electrons. The molecule has 0 aliphatic heterocycles. The second kappa shape index (κ2) is 3.38. The minimum atomic E-state index is 0.0520. The van der Waals surface area contributed by atoms with Crippen molar-refractivity contribution in [2.24, 2.45) is 7.05 Å². The second-order valence-electron chi connectivity index (χ2n) is 3.39. The van der Waals surface area contributed by atoms with Gasteiger partial charge in [0.15, 0.2) is 0 Å². The molecule has 2 aromatic rings. The summed E-state index contributed by atoms with van der Waals surface area (Å²) in [7, 11) is 1.80. The maximum atomic E-state index is 11.5. The van der Waals surface area contributed by atoms with E-state index in [1.54, 1.807) is 17.7 Å². The normalized spacial score (nSPS) is 10.8. The Kier molecular flexibility index (Phi) is 2.34. The Morgan fingerprint density at radius 3 is 2.71 bits per heavy atom. The van der Waals surface area contributed by atoms with Crippen LogP contribution in [-0.4, -0.2) is 4.57 Å². The molecule has 0 N–H and O–H groups in total. The van der Waals surface area contributed by atoms with Gasteiger partial charge in [0, 0.05) is 22.1 Å². The van der Waals surface area contributed by atoms with E-state index in [0.717, 1.165) is 16.5 Å². The third kappa shape index (κ3) is 1.45. The van der Waals surface area contributed by atoms with E-state index >= 15 is 0 Å². The number of hydrogen-bond acceptors (Lipinski definition) is 1. The molecule has 0 fully saturated rings. The maximum absolute atomic E-state index is 11.5. The van der Waals surface area contributed by atoms with E-state index < -0.39 is 0 Å². The summed E-state index contributed by atoms with van der Waals surface area (Å²) in [6.45, 7) is 1.97. The zero-order valence-corrected chi connectivity index (χ0v) is 10.2. The van der Waals surface area contributed by atoms with Crippen LogP contribution in [0, 0.1) is 10.5 Å². The molecule has 0 amide bonds. The molecule has 0 aliphatic rings. The highest BCUT2D eigenvalue weighted by atomic mass is 127. The van der Waals surface area contributed by atoms with Gasteiger partial charge in [0.05, 0.1) is 5.52 Å². The summed E-state index contributed by atoms with van der Waals surface area (Å²) < 4.78 is 2.87. The molecule has 0 saturated carbocycles. The summed E-state index contributed by atoms with van der Waals surface area (Å²) in [5.74, 6) is 0. The fourth-order valence-corrected chi connectivity index (χ4v) is 2.09. The summed E-state index contributed by atoms with van der Waals surface area (Å²) in [5.41, 5.74) is 2.09. The maximum Gasteiger partial charge on any atom is 0.251 e. The van der Waals surface area contributed by atoms with E-state index in [9.17, 15) is 4.79 Å². The molecule has 0 bridgehead atoms. The second-order valence-corrected chi connectivity index (χ2v) is 4.63. The summed E-state index contributed by atoms with van der Waals surface area (Å²) in [5, 5.41) is 1.15. The lowest BCUT2D eigenvalue weighted by atomic mass is 10.1. The van der Waals surface area contributed by atoms with Gasteiger partial charge in [0.1, 0.15) is 0 Å². The average Bonchev–Trinajstić information content (AvgIpc) is 2.14. The first-order valence-corrected chi connectivity index (χ1v) is 5.43. The highest BCUT2D eigenvalue weighted by Crippen LogP contribution is 2.18. The molecule has 0 aliphatic carbocycles. The number of aryl methyl sites for hydroxylation is 2. The Balaban J connectivity index is 3.02. The first kappa shape index (κ1) is 9.71. The lowest BCUT2D eigenvalue weighted by Gasteiger charge is -2.07. The van der Waals surface area contributed by atoms with Crippen molar-refractivity contribution in [3.8, 4) is 0 Å². The van der Waals surface area contributed by atoms with Gasteiger partial charge in [-0.2, -0.15) is 0 Å². The zero-order valence-electron chi connectivity index (χ0n) is 8.04. The summed E-state index contributed by atoms with van der Waals surface area (Å²) >= 11 is 2.28. The first-order valence-electron chi connectivity index (χ1n) is 4.35. The Bertz CT molecular complexity index is 557. The van der Waals surface area contributed by atoms with E-state index in [-0.39, 0.29) is 5.56 Å². The molecule has 0 spiro atoms. The van der Waals surface area contributed by atoms with Crippen LogP contribution in [0.2, 0.25) is 0 Å². The van der Waals surface area contributed by atoms with Gasteiger partial charge >= 0.3 is 0 Å². The third-order valence-electron chi connectivity index (χ3n) is 2.42. The van der Waals surface area contributed by atoms with Crippen molar-refractivity contribution in [2.75, 3.05) is 0 Å². The predicted molar refractivity (Wildman–Crippen MR) is 66.6 cm³/mol. The van der Waals surface area contributed by atoms with E-state index in [2.05, 4.69) is 28.7 Å². The minimum absolute atomic E-state index is 0.0520. The molecule has 3 heteroatoms. The number of benzene rings is 1. The minimum Gasteiger partial charge on any atom is -0.311 e. The van der Waals surface area contributed by atoms with E-state index in [1.165, 1.54) is 3.57 Å². The van der Waals surface area contributed by atoms with Gasteiger partial charge in [-0.1, -0.05) is 0 Å². The van der Waals surface area contributed by atoms with Crippen molar-refractivity contribution in [1.82, 2.24) is 4.57 Å². The third-order valence-corrected chi connectivity index (χ3v) is 3.09. The molecular formula is C11H10INO. The molecule has 1 aromatic carbocycles. The van der Waals surface area contributed by atoms with Crippen LogP contribution in [-0.2, 0) is 7.05 Å². The highest BCUT2D eigenvalue weighted by Gasteiger charge is 2.02. The lowest BCUT2D eigenvalue weighted by Crippen LogP contribution is -2.16. The Labute approximate surface area is 95.7 Å². The van der Waals surface area contributed by atoms with Gasteiger partial charge in [-0.3, -0.25) is 4.79 Å². The van der Waals surface area contributed by atoms with Crippen LogP contribution in [0.3, 0.4) is 0 Å². The quantitative estimate of drug-likeness (QED) is 0.685. The Morgan fingerprint density at radius 2 is 2.00 bits per heavy atom. The van der Waals surface area contributed by atoms with Gasteiger partial charge in [0.25, 0.3) is 5.56 Å². The molecule has 1 aromatic heterocycles. The first-order chi connectivity index (χ1) is 6.59. The summed E-state index contributed by atoms with van der Waals surface area (Å²) in [6.07, 6.45) is 0. The number of fused-ring (bicyclic) bond motifs is 1. The molecular weight excluding hydrogens is 289 g/mol. The van der Waals surface area contributed by atoms with Gasteiger partial charge < -0.3 is 4.57 Å². The summed E-state index contributed by atoms with van der Waals surface area (Å²) in [6, 6.07) is 7.79. The van der Waals surface area contributed by atoms with Crippen molar-refractivity contribution in [3.63, 3.8) is 0 Å². The molecule has 2 rings (SSSR count). The number of aromatic nitrogens is 1. The molecule has 0 atom stereocenters. The largest absolute Gasteiger partial charge is 0.311 e. The summed E-state index contributed by atoms with van der Waals surface area (Å²) in [4.78, 5) is 11.5. The zero-order chi connectivity index (χ0) is 10.3. The van der Waals surface area contributed by atoms with E-state index in [0.29, 0.717) is 0 Å². The number of hydrogen-bond donors (Lipinski definition) is 0. The number of pyridine rings is 1. The van der Waals surface area contributed by atoms with Crippen LogP contribution < -0.4 is 5.56 Å². The lowest BCUT2D eigenvalue weighted by molar-refractivity contribution is 0.903. The van der Waals surface area contributed by atoms with Gasteiger partial charge in [0.2, 0.25) is 0 Å². The van der Waals surface area contributed by atoms with Crippen LogP contribution in [0.15, 0.2) is 29.1 Å². The van der Waals surface area contributed by atoms with E-state index in [4.69, 9.17) is 0 Å². The molecule has 0 unspecified atom stereocenters. The van der Waals surface area contributed by atoms with Crippen LogP contribution in [0.5, 0.6) is 0 Å². The van der Waals surface area contributed by atoms with Gasteiger partial charge in [-0.25, -0.2) is 0 Å². The predicted octanol–water partition coefficient (Wildman–Crippen LogP) is 2.45. The average molecular weight is 299 g/mol. The standard InChI is InChI=1S/C11H10INO/c1-7-5-11(14)13(2)10-4-3-8(12)6-9(7)10/h3-6H,1-2H3. The van der Waals surface area contributed by atoms with Crippen molar-refractivity contribution in [3.05, 3.63) is 43.8 Å². The van der Waals surface area contributed by atoms with Crippen LogP contribution in [0.25, 0.3) is 10.9 Å². The topological polar surface area (TPSA) is 22.0 Å². The van der Waals surface area contributed by atoms with Crippen molar-refractivity contribution in [1.29, 1.82) is 0 Å². The molecule has 1 heterocycles. The number of halogens is 1. The highest BCUT2D eigenvalue weighted by molar-refractivity contribution is 14.1. The van der Waals surface area contributed by atoms with Crippen molar-refractivity contribution < 1.29 is 0 Å². The monoisotopic (exact) mass is 299 g/mol.